The molecule has 2 bridgehead atoms. The van der Waals surface area contributed by atoms with Gasteiger partial charge in [-0.1, -0.05) is 30.3 Å². The van der Waals surface area contributed by atoms with E-state index in [1.54, 1.807) is 16.2 Å². The van der Waals surface area contributed by atoms with Crippen LogP contribution in [0.1, 0.15) is 28.1 Å². The zero-order valence-electron chi connectivity index (χ0n) is 11.9. The summed E-state index contributed by atoms with van der Waals surface area (Å²) in [5.41, 5.74) is 2.12. The molecule has 2 amide bonds. The first kappa shape index (κ1) is 13.8. The number of hydrogen-bond acceptors (Lipinski definition) is 4. The molecular formula is C16H16N2O3S. The standard InChI is InChI=1S/C16H16N2O3S/c19-9-14-15-12(6-7-22-15)13-8-17(14)16(20)18(13)21-10-11-4-2-1-3-5-11/h1-7,13-14,19H,8-10H2. The van der Waals surface area contributed by atoms with E-state index in [1.807, 2.05) is 41.8 Å². The monoisotopic (exact) mass is 316 g/mol. The molecule has 1 aromatic heterocycles. The fourth-order valence-electron chi connectivity index (χ4n) is 3.15. The van der Waals surface area contributed by atoms with E-state index in [0.29, 0.717) is 13.2 Å². The molecule has 0 aliphatic carbocycles. The number of hydroxylamine groups is 2. The number of aliphatic hydroxyl groups excluding tert-OH is 1. The molecule has 4 rings (SSSR count). The van der Waals surface area contributed by atoms with E-state index in [1.165, 1.54) is 5.06 Å². The number of benzene rings is 1. The van der Waals surface area contributed by atoms with Crippen LogP contribution in [0.3, 0.4) is 0 Å². The summed E-state index contributed by atoms with van der Waals surface area (Å²) in [7, 11) is 0. The van der Waals surface area contributed by atoms with Crippen molar-refractivity contribution in [2.75, 3.05) is 13.2 Å². The first-order chi connectivity index (χ1) is 10.8. The van der Waals surface area contributed by atoms with Crippen molar-refractivity contribution < 1.29 is 14.7 Å². The minimum Gasteiger partial charge on any atom is -0.394 e. The second kappa shape index (κ2) is 5.39. The van der Waals surface area contributed by atoms with Crippen molar-refractivity contribution in [2.24, 2.45) is 0 Å². The van der Waals surface area contributed by atoms with Crippen molar-refractivity contribution in [1.29, 1.82) is 0 Å². The maximum atomic E-state index is 12.6. The number of carbonyl (C=O) groups excluding carboxylic acids is 1. The number of fused-ring (bicyclic) bond motifs is 4. The van der Waals surface area contributed by atoms with Crippen LogP contribution in [0.4, 0.5) is 4.79 Å². The first-order valence-corrected chi connectivity index (χ1v) is 8.12. The molecule has 3 heterocycles. The SMILES string of the molecule is O=C1N2CC(c3ccsc3C2CO)N1OCc1ccccc1. The second-order valence-corrected chi connectivity index (χ2v) is 6.42. The summed E-state index contributed by atoms with van der Waals surface area (Å²) in [5.74, 6) is 0. The zero-order valence-corrected chi connectivity index (χ0v) is 12.7. The van der Waals surface area contributed by atoms with E-state index >= 15 is 0 Å². The Kier molecular flexibility index (Phi) is 3.37. The molecule has 22 heavy (non-hydrogen) atoms. The lowest BCUT2D eigenvalue weighted by atomic mass is 10.0. The van der Waals surface area contributed by atoms with Gasteiger partial charge in [0, 0.05) is 4.88 Å². The number of nitrogens with zero attached hydrogens (tertiary/aromatic N) is 2. The van der Waals surface area contributed by atoms with Gasteiger partial charge < -0.3 is 10.0 Å². The molecule has 1 fully saturated rings. The van der Waals surface area contributed by atoms with Crippen LogP contribution < -0.4 is 0 Å². The minimum absolute atomic E-state index is 0.0570. The summed E-state index contributed by atoms with van der Waals surface area (Å²) in [6.45, 7) is 0.876. The predicted octanol–water partition coefficient (Wildman–Crippen LogP) is 2.71. The Morgan fingerprint density at radius 3 is 2.86 bits per heavy atom. The van der Waals surface area contributed by atoms with E-state index in [2.05, 4.69) is 0 Å². The van der Waals surface area contributed by atoms with Crippen molar-refractivity contribution in [2.45, 2.75) is 18.7 Å². The highest BCUT2D eigenvalue weighted by atomic mass is 32.1. The number of rotatable bonds is 4. The third kappa shape index (κ3) is 2.03. The Hall–Kier alpha value is -1.89. The predicted molar refractivity (Wildman–Crippen MR) is 82.1 cm³/mol. The van der Waals surface area contributed by atoms with Gasteiger partial charge in [0.2, 0.25) is 0 Å². The van der Waals surface area contributed by atoms with Crippen molar-refractivity contribution in [3.05, 3.63) is 57.8 Å². The number of urea groups is 1. The van der Waals surface area contributed by atoms with Crippen LogP contribution >= 0.6 is 11.3 Å². The van der Waals surface area contributed by atoms with Crippen LogP contribution in [0.2, 0.25) is 0 Å². The molecule has 2 unspecified atom stereocenters. The van der Waals surface area contributed by atoms with E-state index in [0.717, 1.165) is 16.0 Å². The Labute approximate surface area is 132 Å². The largest absolute Gasteiger partial charge is 0.394 e. The molecule has 0 saturated carbocycles. The Morgan fingerprint density at radius 2 is 2.09 bits per heavy atom. The van der Waals surface area contributed by atoms with Gasteiger partial charge in [-0.25, -0.2) is 4.79 Å². The van der Waals surface area contributed by atoms with Crippen LogP contribution in [0.5, 0.6) is 0 Å². The number of aliphatic hydroxyl groups is 1. The summed E-state index contributed by atoms with van der Waals surface area (Å²) in [5, 5.41) is 13.1. The Morgan fingerprint density at radius 1 is 1.27 bits per heavy atom. The quantitative estimate of drug-likeness (QED) is 0.943. The van der Waals surface area contributed by atoms with Crippen molar-refractivity contribution in [3.63, 3.8) is 0 Å². The molecular weight excluding hydrogens is 300 g/mol. The molecule has 1 saturated heterocycles. The van der Waals surface area contributed by atoms with Crippen molar-refractivity contribution in [1.82, 2.24) is 9.96 Å². The van der Waals surface area contributed by atoms with E-state index in [9.17, 15) is 9.90 Å². The van der Waals surface area contributed by atoms with Gasteiger partial charge in [0.05, 0.1) is 19.2 Å². The highest BCUT2D eigenvalue weighted by molar-refractivity contribution is 7.10. The van der Waals surface area contributed by atoms with Crippen LogP contribution in [0.15, 0.2) is 41.8 Å². The molecule has 2 aliphatic rings. The Balaban J connectivity index is 1.59. The molecule has 6 heteroatoms. The molecule has 114 valence electrons. The smallest absolute Gasteiger partial charge is 0.345 e. The molecule has 2 aromatic rings. The summed E-state index contributed by atoms with van der Waals surface area (Å²) < 4.78 is 0. The summed E-state index contributed by atoms with van der Waals surface area (Å²) >= 11 is 1.59. The number of carbonyl (C=O) groups is 1. The average Bonchev–Trinajstić information content (AvgIpc) is 3.13. The van der Waals surface area contributed by atoms with Crippen molar-refractivity contribution in [3.8, 4) is 0 Å². The van der Waals surface area contributed by atoms with E-state index < -0.39 is 0 Å². The lowest BCUT2D eigenvalue weighted by Gasteiger charge is -2.28. The van der Waals surface area contributed by atoms with E-state index in [4.69, 9.17) is 4.84 Å². The minimum atomic E-state index is -0.246. The normalized spacial score (nSPS) is 23.0. The molecule has 1 aromatic carbocycles. The molecule has 2 atom stereocenters. The van der Waals surface area contributed by atoms with Crippen molar-refractivity contribution >= 4 is 17.4 Å². The number of hydrogen-bond donors (Lipinski definition) is 1. The maximum absolute atomic E-state index is 12.6. The van der Waals surface area contributed by atoms with Crippen LogP contribution in [0, 0.1) is 0 Å². The van der Waals surface area contributed by atoms with Gasteiger partial charge in [0.1, 0.15) is 12.6 Å². The van der Waals surface area contributed by atoms with Gasteiger partial charge in [0.25, 0.3) is 0 Å². The Bertz CT molecular complexity index is 688. The van der Waals surface area contributed by atoms with Crippen LogP contribution in [0.25, 0.3) is 0 Å². The third-order valence-corrected chi connectivity index (χ3v) is 5.27. The molecule has 0 radical (unpaired) electrons. The lowest BCUT2D eigenvalue weighted by Crippen LogP contribution is -2.35. The molecule has 2 aliphatic heterocycles. The first-order valence-electron chi connectivity index (χ1n) is 7.24. The molecule has 5 nitrogen and oxygen atoms in total. The van der Waals surface area contributed by atoms with Gasteiger partial charge in [-0.15, -0.1) is 11.3 Å². The number of thiophene rings is 1. The van der Waals surface area contributed by atoms with Crippen LogP contribution in [-0.2, 0) is 11.4 Å². The highest BCUT2D eigenvalue weighted by Crippen LogP contribution is 2.45. The van der Waals surface area contributed by atoms with Crippen LogP contribution in [-0.4, -0.2) is 34.3 Å². The highest BCUT2D eigenvalue weighted by Gasteiger charge is 2.48. The van der Waals surface area contributed by atoms with Gasteiger partial charge >= 0.3 is 6.03 Å². The topological polar surface area (TPSA) is 53.0 Å². The summed E-state index contributed by atoms with van der Waals surface area (Å²) in [4.78, 5) is 21.1. The lowest BCUT2D eigenvalue weighted by molar-refractivity contribution is -0.141. The molecule has 1 N–H and O–H groups in total. The van der Waals surface area contributed by atoms with Gasteiger partial charge in [0.15, 0.2) is 0 Å². The molecule has 0 spiro atoms. The average molecular weight is 316 g/mol. The second-order valence-electron chi connectivity index (χ2n) is 5.47. The van der Waals surface area contributed by atoms with Gasteiger partial charge in [-0.05, 0) is 22.6 Å². The maximum Gasteiger partial charge on any atom is 0.345 e. The van der Waals surface area contributed by atoms with E-state index in [-0.39, 0.29) is 24.7 Å². The van der Waals surface area contributed by atoms with Gasteiger partial charge in [-0.3, -0.25) is 4.84 Å². The summed E-state index contributed by atoms with van der Waals surface area (Å²) in [6, 6.07) is 11.3. The third-order valence-electron chi connectivity index (χ3n) is 4.24. The fraction of sp³-hybridized carbons (Fsp3) is 0.312. The van der Waals surface area contributed by atoms with Gasteiger partial charge in [-0.2, -0.15) is 5.06 Å². The zero-order chi connectivity index (χ0) is 15.1. The summed E-state index contributed by atoms with van der Waals surface area (Å²) in [6.07, 6.45) is 0. The number of amides is 2. The fourth-order valence-corrected chi connectivity index (χ4v) is 4.21.